The van der Waals surface area contributed by atoms with Crippen LogP contribution in [0.5, 0.6) is 0 Å². The van der Waals surface area contributed by atoms with Crippen LogP contribution < -0.4 is 5.32 Å². The van der Waals surface area contributed by atoms with Crippen LogP contribution in [0.25, 0.3) is 10.4 Å². The first-order chi connectivity index (χ1) is 7.83. The van der Waals surface area contributed by atoms with Gasteiger partial charge < -0.3 is 5.32 Å². The van der Waals surface area contributed by atoms with Crippen LogP contribution in [0.1, 0.15) is 16.0 Å². The van der Waals surface area contributed by atoms with E-state index < -0.39 is 0 Å². The minimum atomic E-state index is 1.04. The second kappa shape index (κ2) is 4.04. The van der Waals surface area contributed by atoms with Gasteiger partial charge in [-0.1, -0.05) is 29.8 Å². The van der Waals surface area contributed by atoms with Crippen molar-refractivity contribution in [2.75, 3.05) is 6.54 Å². The number of nitrogens with one attached hydrogen (secondary N) is 1. The van der Waals surface area contributed by atoms with Gasteiger partial charge in [0, 0.05) is 22.8 Å². The molecule has 0 bridgehead atoms. The molecule has 0 aliphatic carbocycles. The van der Waals surface area contributed by atoms with Crippen molar-refractivity contribution >= 4 is 11.3 Å². The molecule has 3 rings (SSSR count). The fourth-order valence-corrected chi connectivity index (χ4v) is 3.37. The molecule has 16 heavy (non-hydrogen) atoms. The Morgan fingerprint density at radius 2 is 2.19 bits per heavy atom. The molecule has 2 heteroatoms. The van der Waals surface area contributed by atoms with Crippen molar-refractivity contribution in [1.29, 1.82) is 0 Å². The predicted octanol–water partition coefficient (Wildman–Crippen LogP) is 3.37. The summed E-state index contributed by atoms with van der Waals surface area (Å²) in [7, 11) is 0. The number of hydrogen-bond acceptors (Lipinski definition) is 2. The predicted molar refractivity (Wildman–Crippen MR) is 69.9 cm³/mol. The van der Waals surface area contributed by atoms with Crippen LogP contribution in [0.15, 0.2) is 30.3 Å². The van der Waals surface area contributed by atoms with Crippen LogP contribution in [0.3, 0.4) is 0 Å². The van der Waals surface area contributed by atoms with E-state index in [9.17, 15) is 0 Å². The molecule has 82 valence electrons. The molecule has 0 unspecified atom stereocenters. The van der Waals surface area contributed by atoms with E-state index in [-0.39, 0.29) is 0 Å². The second-order valence-corrected chi connectivity index (χ2v) is 5.49. The van der Waals surface area contributed by atoms with Crippen molar-refractivity contribution in [3.8, 4) is 10.4 Å². The number of benzene rings is 1. The summed E-state index contributed by atoms with van der Waals surface area (Å²) in [5.41, 5.74) is 4.19. The molecule has 2 aromatic rings. The van der Waals surface area contributed by atoms with E-state index >= 15 is 0 Å². The monoisotopic (exact) mass is 229 g/mol. The topological polar surface area (TPSA) is 12.0 Å². The SMILES string of the molecule is Cc1cccc(-c2cc3c(s2)CCNC3)c1. The number of rotatable bonds is 1. The Morgan fingerprint density at radius 1 is 1.25 bits per heavy atom. The molecule has 1 aromatic carbocycles. The third-order valence-electron chi connectivity index (χ3n) is 3.04. The summed E-state index contributed by atoms with van der Waals surface area (Å²) in [5.74, 6) is 0. The highest BCUT2D eigenvalue weighted by Crippen LogP contribution is 2.33. The van der Waals surface area contributed by atoms with Gasteiger partial charge in [0.2, 0.25) is 0 Å². The van der Waals surface area contributed by atoms with Gasteiger partial charge in [0.1, 0.15) is 0 Å². The molecule has 1 N–H and O–H groups in total. The Kier molecular flexibility index (Phi) is 2.54. The van der Waals surface area contributed by atoms with Crippen molar-refractivity contribution in [2.24, 2.45) is 0 Å². The first kappa shape index (κ1) is 10.1. The smallest absolute Gasteiger partial charge is 0.0349 e. The number of fused-ring (bicyclic) bond motifs is 1. The summed E-state index contributed by atoms with van der Waals surface area (Å²) in [6.45, 7) is 4.32. The highest BCUT2D eigenvalue weighted by atomic mass is 32.1. The molecule has 2 heterocycles. The molecule has 0 fully saturated rings. The Labute approximate surface area is 100 Å². The van der Waals surface area contributed by atoms with E-state index in [0.29, 0.717) is 0 Å². The van der Waals surface area contributed by atoms with Gasteiger partial charge in [-0.2, -0.15) is 0 Å². The van der Waals surface area contributed by atoms with Crippen LogP contribution in [0.4, 0.5) is 0 Å². The van der Waals surface area contributed by atoms with Gasteiger partial charge in [-0.3, -0.25) is 0 Å². The van der Waals surface area contributed by atoms with Crippen LogP contribution in [-0.4, -0.2) is 6.54 Å². The van der Waals surface area contributed by atoms with Crippen LogP contribution in [0, 0.1) is 6.92 Å². The van der Waals surface area contributed by atoms with Crippen molar-refractivity contribution in [1.82, 2.24) is 5.32 Å². The van der Waals surface area contributed by atoms with Gasteiger partial charge in [0.25, 0.3) is 0 Å². The number of aryl methyl sites for hydroxylation is 1. The van der Waals surface area contributed by atoms with Gasteiger partial charge in [-0.25, -0.2) is 0 Å². The van der Waals surface area contributed by atoms with Crippen LogP contribution >= 0.6 is 11.3 Å². The lowest BCUT2D eigenvalue weighted by molar-refractivity contribution is 0.653. The Balaban J connectivity index is 2.03. The highest BCUT2D eigenvalue weighted by molar-refractivity contribution is 7.15. The lowest BCUT2D eigenvalue weighted by Gasteiger charge is -2.10. The highest BCUT2D eigenvalue weighted by Gasteiger charge is 2.13. The van der Waals surface area contributed by atoms with Gasteiger partial charge >= 0.3 is 0 Å². The van der Waals surface area contributed by atoms with Gasteiger partial charge in [-0.05, 0) is 30.5 Å². The largest absolute Gasteiger partial charge is 0.312 e. The summed E-state index contributed by atoms with van der Waals surface area (Å²) in [5, 5.41) is 3.42. The van der Waals surface area contributed by atoms with Crippen LogP contribution in [-0.2, 0) is 13.0 Å². The molecule has 0 saturated carbocycles. The van der Waals surface area contributed by atoms with Gasteiger partial charge in [0.05, 0.1) is 0 Å². The Hall–Kier alpha value is -1.12. The lowest BCUT2D eigenvalue weighted by atomic mass is 10.1. The fourth-order valence-electron chi connectivity index (χ4n) is 2.19. The maximum Gasteiger partial charge on any atom is 0.0349 e. The summed E-state index contributed by atoms with van der Waals surface area (Å²) in [6, 6.07) is 11.1. The minimum absolute atomic E-state index is 1.04. The Morgan fingerprint density at radius 3 is 3.00 bits per heavy atom. The standard InChI is InChI=1S/C14H15NS/c1-10-3-2-4-11(7-10)14-8-12-9-15-6-5-13(12)16-14/h2-4,7-8,15H,5-6,9H2,1H3. The van der Waals surface area contributed by atoms with Crippen molar-refractivity contribution in [3.05, 3.63) is 46.3 Å². The zero-order valence-corrected chi connectivity index (χ0v) is 10.2. The number of thiophene rings is 1. The third-order valence-corrected chi connectivity index (χ3v) is 4.33. The fraction of sp³-hybridized carbons (Fsp3) is 0.286. The molecule has 0 amide bonds. The molecule has 0 atom stereocenters. The molecule has 0 radical (unpaired) electrons. The molecular formula is C14H15NS. The van der Waals surface area contributed by atoms with Crippen LogP contribution in [0.2, 0.25) is 0 Å². The van der Waals surface area contributed by atoms with Crippen molar-refractivity contribution in [2.45, 2.75) is 19.9 Å². The zero-order valence-electron chi connectivity index (χ0n) is 9.42. The Bertz CT molecular complexity index is 490. The summed E-state index contributed by atoms with van der Waals surface area (Å²) in [6.07, 6.45) is 1.19. The molecule has 0 spiro atoms. The van der Waals surface area contributed by atoms with E-state index in [1.54, 1.807) is 4.88 Å². The summed E-state index contributed by atoms with van der Waals surface area (Å²) >= 11 is 1.96. The summed E-state index contributed by atoms with van der Waals surface area (Å²) in [4.78, 5) is 2.98. The first-order valence-corrected chi connectivity index (χ1v) is 6.54. The average Bonchev–Trinajstić information content (AvgIpc) is 2.72. The minimum Gasteiger partial charge on any atom is -0.312 e. The maximum absolute atomic E-state index is 3.42. The van der Waals surface area contributed by atoms with E-state index in [1.807, 2.05) is 11.3 Å². The molecule has 1 nitrogen and oxygen atoms in total. The zero-order chi connectivity index (χ0) is 11.0. The second-order valence-electron chi connectivity index (χ2n) is 4.36. The van der Waals surface area contributed by atoms with E-state index in [1.165, 1.54) is 28.0 Å². The van der Waals surface area contributed by atoms with E-state index in [0.717, 1.165) is 13.1 Å². The lowest BCUT2D eigenvalue weighted by Crippen LogP contribution is -2.21. The molecular weight excluding hydrogens is 214 g/mol. The van der Waals surface area contributed by atoms with E-state index in [4.69, 9.17) is 0 Å². The summed E-state index contributed by atoms with van der Waals surface area (Å²) < 4.78 is 0. The molecule has 0 saturated heterocycles. The maximum atomic E-state index is 3.42. The van der Waals surface area contributed by atoms with Crippen molar-refractivity contribution < 1.29 is 0 Å². The quantitative estimate of drug-likeness (QED) is 0.790. The average molecular weight is 229 g/mol. The molecule has 1 aliphatic rings. The normalized spacial score (nSPS) is 14.8. The third kappa shape index (κ3) is 1.79. The molecule has 1 aliphatic heterocycles. The van der Waals surface area contributed by atoms with E-state index in [2.05, 4.69) is 42.6 Å². The van der Waals surface area contributed by atoms with Crippen molar-refractivity contribution in [3.63, 3.8) is 0 Å². The van der Waals surface area contributed by atoms with Gasteiger partial charge in [-0.15, -0.1) is 11.3 Å². The molecule has 1 aromatic heterocycles. The number of hydrogen-bond donors (Lipinski definition) is 1. The van der Waals surface area contributed by atoms with Gasteiger partial charge in [0.15, 0.2) is 0 Å². The first-order valence-electron chi connectivity index (χ1n) is 5.72.